The molecule has 0 saturated heterocycles. The van der Waals surface area contributed by atoms with Gasteiger partial charge in [-0.1, -0.05) is 0 Å². The second-order valence-corrected chi connectivity index (χ2v) is 9.14. The maximum Gasteiger partial charge on any atom is 0.181 e. The fraction of sp³-hybridized carbons (Fsp3) is 0.143. The summed E-state index contributed by atoms with van der Waals surface area (Å²) >= 11 is 0. The van der Waals surface area contributed by atoms with E-state index in [1.165, 1.54) is 19.2 Å². The number of hydrogen-bond acceptors (Lipinski definition) is 6. The van der Waals surface area contributed by atoms with Gasteiger partial charge in [-0.15, -0.1) is 0 Å². The highest BCUT2D eigenvalue weighted by Crippen LogP contribution is 2.35. The Morgan fingerprint density at radius 2 is 1.78 bits per heavy atom. The minimum absolute atomic E-state index is 0.298. The number of aromatic nitrogens is 6. The molecule has 0 aliphatic rings. The molecule has 0 bridgehead atoms. The highest BCUT2D eigenvalue weighted by Gasteiger charge is 2.16. The zero-order valence-electron chi connectivity index (χ0n) is 20.5. The summed E-state index contributed by atoms with van der Waals surface area (Å²) in [5.74, 6) is 0.0893. The van der Waals surface area contributed by atoms with E-state index in [2.05, 4.69) is 61.4 Å². The van der Waals surface area contributed by atoms with Crippen LogP contribution in [0.3, 0.4) is 0 Å². The van der Waals surface area contributed by atoms with Crippen LogP contribution in [0.25, 0.3) is 55.7 Å². The van der Waals surface area contributed by atoms with Crippen LogP contribution < -0.4 is 10.1 Å². The average molecular weight is 494 g/mol. The zero-order valence-corrected chi connectivity index (χ0v) is 20.5. The van der Waals surface area contributed by atoms with E-state index in [9.17, 15) is 4.39 Å². The lowest BCUT2D eigenvalue weighted by Crippen LogP contribution is -2.09. The van der Waals surface area contributed by atoms with E-state index in [4.69, 9.17) is 4.74 Å². The van der Waals surface area contributed by atoms with Crippen molar-refractivity contribution < 1.29 is 9.13 Å². The fourth-order valence-electron chi connectivity index (χ4n) is 4.52. The fourth-order valence-corrected chi connectivity index (χ4v) is 4.52. The minimum Gasteiger partial charge on any atom is -0.497 e. The van der Waals surface area contributed by atoms with Crippen molar-refractivity contribution in [2.24, 2.45) is 0 Å². The van der Waals surface area contributed by atoms with E-state index >= 15 is 0 Å². The van der Waals surface area contributed by atoms with Gasteiger partial charge in [0.2, 0.25) is 0 Å². The number of benzene rings is 1. The van der Waals surface area contributed by atoms with Gasteiger partial charge >= 0.3 is 0 Å². The molecule has 184 valence electrons. The summed E-state index contributed by atoms with van der Waals surface area (Å²) in [5, 5.41) is 12.6. The van der Waals surface area contributed by atoms with Crippen molar-refractivity contribution in [2.45, 2.75) is 19.9 Å². The van der Waals surface area contributed by atoms with Crippen LogP contribution in [0.15, 0.2) is 67.3 Å². The Bertz CT molecular complexity index is 1760. The molecule has 5 aromatic heterocycles. The smallest absolute Gasteiger partial charge is 0.181 e. The number of rotatable bonds is 6. The van der Waals surface area contributed by atoms with Gasteiger partial charge in [0, 0.05) is 58.8 Å². The Kier molecular flexibility index (Phi) is 5.52. The van der Waals surface area contributed by atoms with Crippen LogP contribution in [0.4, 0.5) is 10.1 Å². The predicted molar refractivity (Wildman–Crippen MR) is 143 cm³/mol. The second-order valence-electron chi connectivity index (χ2n) is 9.14. The molecule has 6 aromatic rings. The monoisotopic (exact) mass is 493 g/mol. The number of halogens is 1. The molecular formula is C28H24FN7O. The van der Waals surface area contributed by atoms with E-state index in [-0.39, 0.29) is 5.82 Å². The van der Waals surface area contributed by atoms with Gasteiger partial charge in [-0.3, -0.25) is 10.1 Å². The van der Waals surface area contributed by atoms with E-state index in [1.54, 1.807) is 12.4 Å². The number of pyridine rings is 3. The number of fused-ring (bicyclic) bond motifs is 2. The summed E-state index contributed by atoms with van der Waals surface area (Å²) in [5.41, 5.74) is 7.24. The molecule has 6 rings (SSSR count). The Morgan fingerprint density at radius 1 is 0.919 bits per heavy atom. The van der Waals surface area contributed by atoms with Crippen LogP contribution in [0.1, 0.15) is 13.8 Å². The van der Waals surface area contributed by atoms with Gasteiger partial charge in [-0.25, -0.2) is 14.4 Å². The number of nitrogens with zero attached hydrogens (tertiary/aromatic N) is 4. The summed E-state index contributed by atoms with van der Waals surface area (Å²) in [6, 6.07) is 12.9. The molecule has 0 aliphatic carbocycles. The number of hydrogen-bond donors (Lipinski definition) is 3. The van der Waals surface area contributed by atoms with Crippen LogP contribution >= 0.6 is 0 Å². The summed E-state index contributed by atoms with van der Waals surface area (Å²) in [7, 11) is 1.52. The molecule has 0 spiro atoms. The molecule has 9 heteroatoms. The molecule has 1 aromatic carbocycles. The lowest BCUT2D eigenvalue weighted by Gasteiger charge is -2.10. The molecule has 0 atom stereocenters. The topological polar surface area (TPSA) is 104 Å². The van der Waals surface area contributed by atoms with E-state index in [0.29, 0.717) is 28.6 Å². The lowest BCUT2D eigenvalue weighted by atomic mass is 10.0. The first kappa shape index (κ1) is 22.7. The molecule has 0 amide bonds. The van der Waals surface area contributed by atoms with Gasteiger partial charge in [0.1, 0.15) is 17.2 Å². The van der Waals surface area contributed by atoms with E-state index in [0.717, 1.165) is 44.5 Å². The summed E-state index contributed by atoms with van der Waals surface area (Å²) < 4.78 is 19.5. The molecule has 0 fully saturated rings. The molecule has 0 radical (unpaired) electrons. The van der Waals surface area contributed by atoms with Crippen molar-refractivity contribution in [2.75, 3.05) is 12.4 Å². The maximum atomic E-state index is 14.2. The van der Waals surface area contributed by atoms with Gasteiger partial charge in [-0.2, -0.15) is 5.10 Å². The SMILES string of the molecule is COc1cc(F)cc(-c2ccnc3[nH]c(-c4[nH]nc5ncc(-c6cncc(NC(C)C)c6)cc45)cc23)c1. The average Bonchev–Trinajstić information content (AvgIpc) is 3.51. The number of aromatic amines is 2. The van der Waals surface area contributed by atoms with Crippen LogP contribution in [0.5, 0.6) is 5.75 Å². The molecule has 0 aliphatic heterocycles. The Labute approximate surface area is 212 Å². The molecule has 8 nitrogen and oxygen atoms in total. The molecule has 0 saturated carbocycles. The number of H-pyrrole nitrogens is 2. The minimum atomic E-state index is -0.365. The highest BCUT2D eigenvalue weighted by atomic mass is 19.1. The van der Waals surface area contributed by atoms with Crippen LogP contribution in [0.2, 0.25) is 0 Å². The lowest BCUT2D eigenvalue weighted by molar-refractivity contribution is 0.411. The third kappa shape index (κ3) is 4.24. The zero-order chi connectivity index (χ0) is 25.5. The van der Waals surface area contributed by atoms with E-state index in [1.807, 2.05) is 30.6 Å². The quantitative estimate of drug-likeness (QED) is 0.255. The normalized spacial score (nSPS) is 11.5. The molecular weight excluding hydrogens is 469 g/mol. The van der Waals surface area contributed by atoms with Crippen molar-refractivity contribution in [3.8, 4) is 39.4 Å². The second kappa shape index (κ2) is 9.02. The molecule has 0 unspecified atom stereocenters. The standard InChI is InChI=1S/C28H24FN7O/c1-15(2)33-20-7-17(12-30-14-20)18-9-24-26(35-36-28(24)32-13-18)25-11-23-22(4-5-31-27(23)34-25)16-6-19(29)10-21(8-16)37-3/h4-15,33H,1-3H3,(H,31,34)(H,32,35,36). The van der Waals surface area contributed by atoms with Crippen LogP contribution in [-0.4, -0.2) is 43.3 Å². The summed E-state index contributed by atoms with van der Waals surface area (Å²) in [6.07, 6.45) is 7.12. The first-order valence-electron chi connectivity index (χ1n) is 11.9. The van der Waals surface area contributed by atoms with Crippen LogP contribution in [0, 0.1) is 5.82 Å². The maximum absolute atomic E-state index is 14.2. The van der Waals surface area contributed by atoms with Crippen molar-refractivity contribution in [1.82, 2.24) is 30.1 Å². The van der Waals surface area contributed by atoms with Crippen LogP contribution in [-0.2, 0) is 0 Å². The first-order valence-corrected chi connectivity index (χ1v) is 11.9. The third-order valence-corrected chi connectivity index (χ3v) is 6.16. The number of ether oxygens (including phenoxy) is 1. The van der Waals surface area contributed by atoms with E-state index < -0.39 is 0 Å². The predicted octanol–water partition coefficient (Wildman–Crippen LogP) is 6.20. The number of methoxy groups -OCH3 is 1. The summed E-state index contributed by atoms with van der Waals surface area (Å²) in [6.45, 7) is 4.17. The Morgan fingerprint density at radius 3 is 2.62 bits per heavy atom. The van der Waals surface area contributed by atoms with Gasteiger partial charge in [0.25, 0.3) is 0 Å². The molecule has 5 heterocycles. The number of nitrogens with one attached hydrogen (secondary N) is 3. The van der Waals surface area contributed by atoms with Crippen molar-refractivity contribution in [1.29, 1.82) is 0 Å². The Hall–Kier alpha value is -4.79. The Balaban J connectivity index is 1.45. The molecule has 37 heavy (non-hydrogen) atoms. The number of anilines is 1. The summed E-state index contributed by atoms with van der Waals surface area (Å²) in [4.78, 5) is 16.8. The largest absolute Gasteiger partial charge is 0.497 e. The molecule has 3 N–H and O–H groups in total. The highest BCUT2D eigenvalue weighted by molar-refractivity contribution is 6.00. The van der Waals surface area contributed by atoms with Crippen molar-refractivity contribution >= 4 is 27.8 Å². The van der Waals surface area contributed by atoms with Gasteiger partial charge in [0.05, 0.1) is 24.2 Å². The van der Waals surface area contributed by atoms with Gasteiger partial charge in [-0.05, 0) is 61.4 Å². The van der Waals surface area contributed by atoms with Gasteiger partial charge < -0.3 is 15.0 Å². The third-order valence-electron chi connectivity index (χ3n) is 6.16. The first-order chi connectivity index (χ1) is 18.0. The van der Waals surface area contributed by atoms with Gasteiger partial charge in [0.15, 0.2) is 5.65 Å². The van der Waals surface area contributed by atoms with Crippen molar-refractivity contribution in [3.63, 3.8) is 0 Å². The van der Waals surface area contributed by atoms with Crippen molar-refractivity contribution in [3.05, 3.63) is 73.1 Å².